The lowest BCUT2D eigenvalue weighted by Gasteiger charge is -2.24. The number of benzene rings is 1. The zero-order chi connectivity index (χ0) is 14.5. The molecule has 1 aliphatic rings. The summed E-state index contributed by atoms with van der Waals surface area (Å²) >= 11 is 0. The highest BCUT2D eigenvalue weighted by atomic mass is 19.1. The molecule has 0 aromatic heterocycles. The van der Waals surface area contributed by atoms with Gasteiger partial charge in [-0.05, 0) is 31.0 Å². The number of hydrogen-bond donors (Lipinski definition) is 1. The molecule has 1 amide bonds. The molecule has 110 valence electrons. The molecule has 2 atom stereocenters. The fraction of sp³-hybridized carbons (Fsp3) is 0.533. The minimum absolute atomic E-state index is 0.0569. The molecule has 1 fully saturated rings. The molecule has 0 saturated carbocycles. The van der Waals surface area contributed by atoms with Gasteiger partial charge in [0.25, 0.3) is 0 Å². The largest absolute Gasteiger partial charge is 0.380 e. The summed E-state index contributed by atoms with van der Waals surface area (Å²) in [6.07, 6.45) is 0.444. The van der Waals surface area contributed by atoms with Crippen LogP contribution in [-0.4, -0.2) is 36.6 Å². The predicted octanol–water partition coefficient (Wildman–Crippen LogP) is 2.07. The normalized spacial score (nSPS) is 22.6. The van der Waals surface area contributed by atoms with Gasteiger partial charge in [-0.1, -0.05) is 19.1 Å². The second-order valence-electron chi connectivity index (χ2n) is 4.81. The first-order chi connectivity index (χ1) is 9.67. The Labute approximate surface area is 118 Å². The van der Waals surface area contributed by atoms with E-state index in [1.54, 1.807) is 11.0 Å². The smallest absolute Gasteiger partial charge is 0.241 e. The Hall–Kier alpha value is -1.46. The van der Waals surface area contributed by atoms with Crippen LogP contribution in [0.25, 0.3) is 0 Å². The van der Waals surface area contributed by atoms with Gasteiger partial charge in [-0.25, -0.2) is 4.39 Å². The van der Waals surface area contributed by atoms with Crippen LogP contribution in [0.4, 0.5) is 4.39 Å². The molecule has 1 aromatic rings. The fourth-order valence-corrected chi connectivity index (χ4v) is 2.47. The highest BCUT2D eigenvalue weighted by Crippen LogP contribution is 2.26. The van der Waals surface area contributed by atoms with Crippen LogP contribution in [0, 0.1) is 5.82 Å². The molecule has 4 nitrogen and oxygen atoms in total. The third kappa shape index (κ3) is 3.16. The van der Waals surface area contributed by atoms with Crippen LogP contribution >= 0.6 is 0 Å². The van der Waals surface area contributed by atoms with E-state index in [-0.39, 0.29) is 23.9 Å². The van der Waals surface area contributed by atoms with E-state index >= 15 is 0 Å². The van der Waals surface area contributed by atoms with Crippen LogP contribution in [0.15, 0.2) is 24.3 Å². The molecule has 0 aliphatic carbocycles. The van der Waals surface area contributed by atoms with E-state index in [2.05, 4.69) is 5.32 Å². The van der Waals surface area contributed by atoms with Gasteiger partial charge in [-0.15, -0.1) is 0 Å². The second-order valence-corrected chi connectivity index (χ2v) is 4.81. The standard InChI is InChI=1S/C15H21FN2O2/c1-3-13-15(19)18(8-9-20-4-2)14(17-13)11-6-5-7-12(16)10-11/h5-7,10,13-14,17H,3-4,8-9H2,1-2H3. The Balaban J connectivity index is 2.17. The summed E-state index contributed by atoms with van der Waals surface area (Å²) in [5, 5.41) is 3.27. The number of nitrogens with one attached hydrogen (secondary N) is 1. The van der Waals surface area contributed by atoms with E-state index in [4.69, 9.17) is 4.74 Å². The third-order valence-electron chi connectivity index (χ3n) is 3.51. The number of nitrogens with zero attached hydrogens (tertiary/aromatic N) is 1. The second kappa shape index (κ2) is 6.81. The molecule has 1 aliphatic heterocycles. The van der Waals surface area contributed by atoms with Gasteiger partial charge in [0.15, 0.2) is 0 Å². The van der Waals surface area contributed by atoms with E-state index in [0.29, 0.717) is 19.8 Å². The molecular formula is C15H21FN2O2. The lowest BCUT2D eigenvalue weighted by molar-refractivity contribution is -0.130. The van der Waals surface area contributed by atoms with E-state index < -0.39 is 0 Å². The van der Waals surface area contributed by atoms with Crippen molar-refractivity contribution in [1.29, 1.82) is 0 Å². The Kier molecular flexibility index (Phi) is 5.09. The van der Waals surface area contributed by atoms with Crippen LogP contribution in [-0.2, 0) is 9.53 Å². The van der Waals surface area contributed by atoms with Crippen molar-refractivity contribution in [2.75, 3.05) is 19.8 Å². The Morgan fingerprint density at radius 3 is 2.85 bits per heavy atom. The van der Waals surface area contributed by atoms with Crippen LogP contribution in [0.2, 0.25) is 0 Å². The molecule has 1 heterocycles. The lowest BCUT2D eigenvalue weighted by Crippen LogP contribution is -2.34. The average molecular weight is 280 g/mol. The van der Waals surface area contributed by atoms with Crippen LogP contribution < -0.4 is 5.32 Å². The quantitative estimate of drug-likeness (QED) is 0.811. The molecule has 1 saturated heterocycles. The van der Waals surface area contributed by atoms with Crippen LogP contribution in [0.5, 0.6) is 0 Å². The number of ether oxygens (including phenoxy) is 1. The van der Waals surface area contributed by atoms with Crippen molar-refractivity contribution in [3.63, 3.8) is 0 Å². The number of carbonyl (C=O) groups is 1. The summed E-state index contributed by atoms with van der Waals surface area (Å²) in [6, 6.07) is 6.17. The maximum Gasteiger partial charge on any atom is 0.241 e. The summed E-state index contributed by atoms with van der Waals surface area (Å²) in [5.74, 6) is -0.233. The lowest BCUT2D eigenvalue weighted by atomic mass is 10.1. The highest BCUT2D eigenvalue weighted by Gasteiger charge is 2.38. The van der Waals surface area contributed by atoms with Crippen molar-refractivity contribution in [2.45, 2.75) is 32.5 Å². The molecule has 1 N–H and O–H groups in total. The van der Waals surface area contributed by atoms with Crippen LogP contribution in [0.3, 0.4) is 0 Å². The van der Waals surface area contributed by atoms with Gasteiger partial charge in [0.1, 0.15) is 12.0 Å². The highest BCUT2D eigenvalue weighted by molar-refractivity contribution is 5.84. The zero-order valence-corrected chi connectivity index (χ0v) is 11.9. The number of rotatable bonds is 6. The molecule has 2 unspecified atom stereocenters. The Bertz CT molecular complexity index is 467. The van der Waals surface area contributed by atoms with E-state index in [1.807, 2.05) is 19.9 Å². The number of amides is 1. The molecule has 0 radical (unpaired) electrons. The average Bonchev–Trinajstić information content (AvgIpc) is 2.76. The molecule has 1 aromatic carbocycles. The fourth-order valence-electron chi connectivity index (χ4n) is 2.47. The Morgan fingerprint density at radius 2 is 2.20 bits per heavy atom. The van der Waals surface area contributed by atoms with Gasteiger partial charge in [0.2, 0.25) is 5.91 Å². The van der Waals surface area contributed by atoms with Crippen molar-refractivity contribution in [2.24, 2.45) is 0 Å². The van der Waals surface area contributed by atoms with Gasteiger partial charge < -0.3 is 9.64 Å². The SMILES string of the molecule is CCOCCN1C(=O)C(CC)NC1c1cccc(F)c1. The number of hydrogen-bond acceptors (Lipinski definition) is 3. The van der Waals surface area contributed by atoms with Crippen molar-refractivity contribution in [3.05, 3.63) is 35.6 Å². The van der Waals surface area contributed by atoms with Gasteiger partial charge >= 0.3 is 0 Å². The first-order valence-corrected chi connectivity index (χ1v) is 7.07. The predicted molar refractivity (Wildman–Crippen MR) is 74.6 cm³/mol. The zero-order valence-electron chi connectivity index (χ0n) is 11.9. The summed E-state index contributed by atoms with van der Waals surface area (Å²) in [6.45, 7) is 5.51. The third-order valence-corrected chi connectivity index (χ3v) is 3.51. The molecule has 5 heteroatoms. The van der Waals surface area contributed by atoms with Crippen molar-refractivity contribution < 1.29 is 13.9 Å². The van der Waals surface area contributed by atoms with Gasteiger partial charge in [-0.2, -0.15) is 0 Å². The number of halogens is 1. The maximum atomic E-state index is 13.4. The molecule has 0 spiro atoms. The van der Waals surface area contributed by atoms with E-state index in [0.717, 1.165) is 12.0 Å². The van der Waals surface area contributed by atoms with E-state index in [1.165, 1.54) is 12.1 Å². The summed E-state index contributed by atoms with van der Waals surface area (Å²) in [5.41, 5.74) is 0.769. The maximum absolute atomic E-state index is 13.4. The topological polar surface area (TPSA) is 41.6 Å². The van der Waals surface area contributed by atoms with Crippen molar-refractivity contribution >= 4 is 5.91 Å². The van der Waals surface area contributed by atoms with Crippen molar-refractivity contribution in [3.8, 4) is 0 Å². The first kappa shape index (κ1) is 14.9. The first-order valence-electron chi connectivity index (χ1n) is 7.07. The molecule has 20 heavy (non-hydrogen) atoms. The molecule has 2 rings (SSSR count). The summed E-state index contributed by atoms with van der Waals surface area (Å²) in [7, 11) is 0. The Morgan fingerprint density at radius 1 is 1.40 bits per heavy atom. The van der Waals surface area contributed by atoms with Crippen molar-refractivity contribution in [1.82, 2.24) is 10.2 Å². The minimum atomic E-state index is -0.290. The summed E-state index contributed by atoms with van der Waals surface area (Å²) in [4.78, 5) is 14.0. The number of carbonyl (C=O) groups excluding carboxylic acids is 1. The van der Waals surface area contributed by atoms with Crippen LogP contribution in [0.1, 0.15) is 32.0 Å². The summed E-state index contributed by atoms with van der Waals surface area (Å²) < 4.78 is 18.7. The monoisotopic (exact) mass is 280 g/mol. The minimum Gasteiger partial charge on any atom is -0.380 e. The van der Waals surface area contributed by atoms with Gasteiger partial charge in [-0.3, -0.25) is 10.1 Å². The molecule has 0 bridgehead atoms. The van der Waals surface area contributed by atoms with E-state index in [9.17, 15) is 9.18 Å². The molecular weight excluding hydrogens is 259 g/mol. The van der Waals surface area contributed by atoms with Gasteiger partial charge in [0.05, 0.1) is 12.6 Å². The van der Waals surface area contributed by atoms with Gasteiger partial charge in [0, 0.05) is 13.2 Å².